The maximum absolute atomic E-state index is 5.69. The largest absolute Gasteiger partial charge is 0.386 e. The third-order valence-electron chi connectivity index (χ3n) is 3.14. The maximum atomic E-state index is 5.69. The molecule has 0 amide bonds. The van der Waals surface area contributed by atoms with Gasteiger partial charge in [0.2, 0.25) is 0 Å². The molecule has 0 fully saturated rings. The standard InChI is InChI=1S/C13H22N2/c1-9(2)10(3)5-6-11(4)12-7-13(14)15-8-12/h5,7,11-12,15H,1,6,8,14H2,2-4H3/b10-5+/t11-,12?/m1/s1. The van der Waals surface area contributed by atoms with Gasteiger partial charge in [0, 0.05) is 12.5 Å². The minimum atomic E-state index is 0.569. The number of allylic oxidation sites excluding steroid dienone is 3. The molecule has 3 N–H and O–H groups in total. The summed E-state index contributed by atoms with van der Waals surface area (Å²) in [5.41, 5.74) is 8.14. The lowest BCUT2D eigenvalue weighted by atomic mass is 9.91. The topological polar surface area (TPSA) is 38.0 Å². The molecular weight excluding hydrogens is 184 g/mol. The Balaban J connectivity index is 2.46. The first-order valence-electron chi connectivity index (χ1n) is 5.54. The molecular formula is C13H22N2. The number of nitrogens with two attached hydrogens (primary N) is 1. The minimum absolute atomic E-state index is 0.569. The van der Waals surface area contributed by atoms with Gasteiger partial charge in [-0.15, -0.1) is 0 Å². The Hall–Kier alpha value is -1.18. The van der Waals surface area contributed by atoms with Crippen LogP contribution in [0.5, 0.6) is 0 Å². The van der Waals surface area contributed by atoms with Crippen LogP contribution in [0.4, 0.5) is 0 Å². The molecule has 0 aromatic carbocycles. The van der Waals surface area contributed by atoms with E-state index in [4.69, 9.17) is 5.73 Å². The zero-order chi connectivity index (χ0) is 11.4. The van der Waals surface area contributed by atoms with Crippen LogP contribution in [0.25, 0.3) is 0 Å². The Morgan fingerprint density at radius 3 is 2.87 bits per heavy atom. The fraction of sp³-hybridized carbons (Fsp3) is 0.538. The number of nitrogens with one attached hydrogen (secondary N) is 1. The smallest absolute Gasteiger partial charge is 0.0922 e. The van der Waals surface area contributed by atoms with Crippen molar-refractivity contribution in [1.29, 1.82) is 0 Å². The lowest BCUT2D eigenvalue weighted by Gasteiger charge is -2.15. The van der Waals surface area contributed by atoms with E-state index in [1.165, 1.54) is 5.57 Å². The van der Waals surface area contributed by atoms with E-state index in [9.17, 15) is 0 Å². The Morgan fingerprint density at radius 1 is 1.73 bits per heavy atom. The third kappa shape index (κ3) is 3.46. The Labute approximate surface area is 92.9 Å². The lowest BCUT2D eigenvalue weighted by molar-refractivity contribution is 0.442. The second-order valence-corrected chi connectivity index (χ2v) is 4.55. The van der Waals surface area contributed by atoms with E-state index < -0.39 is 0 Å². The molecule has 1 aliphatic rings. The quantitative estimate of drug-likeness (QED) is 0.694. The van der Waals surface area contributed by atoms with Crippen LogP contribution in [0.3, 0.4) is 0 Å². The van der Waals surface area contributed by atoms with Gasteiger partial charge in [0.15, 0.2) is 0 Å². The van der Waals surface area contributed by atoms with Crippen molar-refractivity contribution in [2.75, 3.05) is 6.54 Å². The predicted molar refractivity (Wildman–Crippen MR) is 66.1 cm³/mol. The van der Waals surface area contributed by atoms with Gasteiger partial charge in [-0.3, -0.25) is 0 Å². The fourth-order valence-electron chi connectivity index (χ4n) is 1.66. The van der Waals surface area contributed by atoms with Crippen LogP contribution in [0, 0.1) is 11.8 Å². The number of hydrogen-bond acceptors (Lipinski definition) is 2. The summed E-state index contributed by atoms with van der Waals surface area (Å²) in [7, 11) is 0. The Morgan fingerprint density at radius 2 is 2.40 bits per heavy atom. The van der Waals surface area contributed by atoms with Gasteiger partial charge in [-0.25, -0.2) is 0 Å². The van der Waals surface area contributed by atoms with E-state index in [1.54, 1.807) is 0 Å². The first kappa shape index (κ1) is 11.9. The van der Waals surface area contributed by atoms with Crippen molar-refractivity contribution < 1.29 is 0 Å². The molecule has 0 aliphatic carbocycles. The average molecular weight is 206 g/mol. The second kappa shape index (κ2) is 5.06. The Bertz CT molecular complexity index is 300. The summed E-state index contributed by atoms with van der Waals surface area (Å²) < 4.78 is 0. The van der Waals surface area contributed by atoms with Crippen LogP contribution in [0.2, 0.25) is 0 Å². The van der Waals surface area contributed by atoms with Crippen molar-refractivity contribution in [3.8, 4) is 0 Å². The first-order chi connectivity index (χ1) is 7.00. The summed E-state index contributed by atoms with van der Waals surface area (Å²) in [5.74, 6) is 2.03. The van der Waals surface area contributed by atoms with Crippen LogP contribution in [-0.4, -0.2) is 6.54 Å². The van der Waals surface area contributed by atoms with Gasteiger partial charge in [0.05, 0.1) is 5.82 Å². The zero-order valence-electron chi connectivity index (χ0n) is 10.0. The number of rotatable bonds is 4. The van der Waals surface area contributed by atoms with E-state index in [1.807, 2.05) is 6.92 Å². The number of hydrogen-bond donors (Lipinski definition) is 2. The van der Waals surface area contributed by atoms with Gasteiger partial charge < -0.3 is 11.1 Å². The van der Waals surface area contributed by atoms with Crippen LogP contribution in [0.1, 0.15) is 27.2 Å². The molecule has 1 heterocycles. The van der Waals surface area contributed by atoms with Crippen LogP contribution >= 0.6 is 0 Å². The van der Waals surface area contributed by atoms with Gasteiger partial charge in [0.25, 0.3) is 0 Å². The molecule has 0 bridgehead atoms. The molecule has 2 nitrogen and oxygen atoms in total. The van der Waals surface area contributed by atoms with Crippen LogP contribution < -0.4 is 11.1 Å². The minimum Gasteiger partial charge on any atom is -0.386 e. The molecule has 0 saturated carbocycles. The van der Waals surface area contributed by atoms with Crippen molar-refractivity contribution in [2.45, 2.75) is 27.2 Å². The molecule has 0 spiro atoms. The van der Waals surface area contributed by atoms with Gasteiger partial charge in [0.1, 0.15) is 0 Å². The van der Waals surface area contributed by atoms with Crippen molar-refractivity contribution in [2.24, 2.45) is 17.6 Å². The van der Waals surface area contributed by atoms with Crippen molar-refractivity contribution >= 4 is 0 Å². The van der Waals surface area contributed by atoms with Crippen LogP contribution in [0.15, 0.2) is 35.7 Å². The monoisotopic (exact) mass is 206 g/mol. The van der Waals surface area contributed by atoms with E-state index in [0.29, 0.717) is 11.8 Å². The Kier molecular flexibility index (Phi) is 4.01. The van der Waals surface area contributed by atoms with Gasteiger partial charge in [-0.2, -0.15) is 0 Å². The normalized spacial score (nSPS) is 23.3. The summed E-state index contributed by atoms with van der Waals surface area (Å²) in [4.78, 5) is 0. The zero-order valence-corrected chi connectivity index (χ0v) is 10.0. The fourth-order valence-corrected chi connectivity index (χ4v) is 1.66. The highest BCUT2D eigenvalue weighted by atomic mass is 15.0. The molecule has 0 aromatic rings. The lowest BCUT2D eigenvalue weighted by Crippen LogP contribution is -2.19. The van der Waals surface area contributed by atoms with E-state index in [0.717, 1.165) is 24.4 Å². The average Bonchev–Trinajstić information content (AvgIpc) is 2.60. The summed E-state index contributed by atoms with van der Waals surface area (Å²) in [5, 5.41) is 3.16. The molecule has 1 aliphatic heterocycles. The van der Waals surface area contributed by atoms with Gasteiger partial charge in [-0.1, -0.05) is 30.7 Å². The second-order valence-electron chi connectivity index (χ2n) is 4.55. The highest BCUT2D eigenvalue weighted by Crippen LogP contribution is 2.22. The van der Waals surface area contributed by atoms with Crippen molar-refractivity contribution in [3.05, 3.63) is 35.7 Å². The van der Waals surface area contributed by atoms with E-state index in [-0.39, 0.29) is 0 Å². The highest BCUT2D eigenvalue weighted by Gasteiger charge is 2.18. The third-order valence-corrected chi connectivity index (χ3v) is 3.14. The van der Waals surface area contributed by atoms with E-state index in [2.05, 4.69) is 37.9 Å². The predicted octanol–water partition coefficient (Wildman–Crippen LogP) is 2.55. The van der Waals surface area contributed by atoms with Gasteiger partial charge in [-0.05, 0) is 32.3 Å². The van der Waals surface area contributed by atoms with E-state index >= 15 is 0 Å². The molecule has 15 heavy (non-hydrogen) atoms. The molecule has 84 valence electrons. The molecule has 2 atom stereocenters. The molecule has 0 radical (unpaired) electrons. The van der Waals surface area contributed by atoms with Crippen molar-refractivity contribution in [3.63, 3.8) is 0 Å². The van der Waals surface area contributed by atoms with Crippen LogP contribution in [-0.2, 0) is 0 Å². The molecule has 1 rings (SSSR count). The summed E-state index contributed by atoms with van der Waals surface area (Å²) >= 11 is 0. The molecule has 1 unspecified atom stereocenters. The maximum Gasteiger partial charge on any atom is 0.0922 e. The molecule has 0 aromatic heterocycles. The van der Waals surface area contributed by atoms with Crippen molar-refractivity contribution in [1.82, 2.24) is 5.32 Å². The highest BCUT2D eigenvalue weighted by molar-refractivity contribution is 5.23. The first-order valence-corrected chi connectivity index (χ1v) is 5.54. The summed E-state index contributed by atoms with van der Waals surface area (Å²) in [6, 6.07) is 0. The summed E-state index contributed by atoms with van der Waals surface area (Å²) in [6.07, 6.45) is 5.50. The van der Waals surface area contributed by atoms with Gasteiger partial charge >= 0.3 is 0 Å². The SMILES string of the molecule is C=C(C)/C(C)=C/C[C@@H](C)C1C=C(N)NC1. The molecule has 2 heteroatoms. The molecule has 0 saturated heterocycles. The summed E-state index contributed by atoms with van der Waals surface area (Å²) in [6.45, 7) is 11.3.